The Morgan fingerprint density at radius 1 is 1.19 bits per heavy atom. The molecule has 1 heterocycles. The molecule has 0 bridgehead atoms. The van der Waals surface area contributed by atoms with E-state index < -0.39 is 5.83 Å². The van der Waals surface area contributed by atoms with Gasteiger partial charge in [0.15, 0.2) is 5.78 Å². The maximum absolute atomic E-state index is 14.6. The van der Waals surface area contributed by atoms with E-state index >= 15 is 0 Å². The summed E-state index contributed by atoms with van der Waals surface area (Å²) in [6.07, 6.45) is 4.16. The molecule has 26 heavy (non-hydrogen) atoms. The molecule has 0 N–H and O–H groups in total. The van der Waals surface area contributed by atoms with Crippen LogP contribution in [-0.4, -0.2) is 36.4 Å². The van der Waals surface area contributed by atoms with Crippen LogP contribution in [0, 0.1) is 0 Å². The number of carbonyl (C=O) groups excluding carboxylic acids is 1. The third kappa shape index (κ3) is 2.96. The molecule has 0 amide bonds. The van der Waals surface area contributed by atoms with Crippen LogP contribution in [-0.2, 0) is 0 Å². The maximum atomic E-state index is 14.6. The van der Waals surface area contributed by atoms with Crippen molar-refractivity contribution in [2.75, 3.05) is 14.1 Å². The molecule has 1 aromatic rings. The van der Waals surface area contributed by atoms with Crippen molar-refractivity contribution in [3.63, 3.8) is 0 Å². The second-order valence-electron chi connectivity index (χ2n) is 5.82. The van der Waals surface area contributed by atoms with E-state index in [1.165, 1.54) is 12.2 Å². The van der Waals surface area contributed by atoms with E-state index in [-0.39, 0.29) is 24.4 Å². The number of guanidine groups is 1. The quantitative estimate of drug-likeness (QED) is 0.754. The van der Waals surface area contributed by atoms with Crippen LogP contribution in [0.5, 0.6) is 0 Å². The molecule has 1 aliphatic heterocycles. The highest BCUT2D eigenvalue weighted by atomic mass is 19.1. The number of fused-ring (bicyclic) bond motifs is 3. The zero-order valence-electron chi connectivity index (χ0n) is 14.4. The van der Waals surface area contributed by atoms with Gasteiger partial charge in [0.1, 0.15) is 17.2 Å². The number of nitrogens with zero attached hydrogens (tertiary/aromatic N) is 3. The lowest BCUT2D eigenvalue weighted by Crippen LogP contribution is -2.22. The third-order valence-corrected chi connectivity index (χ3v) is 4.02. The largest absolute Gasteiger partial charge is 0.347 e. The molecule has 134 valence electrons. The van der Waals surface area contributed by atoms with Crippen LogP contribution in [0.3, 0.4) is 0 Å². The van der Waals surface area contributed by atoms with Crippen LogP contribution in [0.1, 0.15) is 30.3 Å². The first kappa shape index (κ1) is 19.2. The van der Waals surface area contributed by atoms with Gasteiger partial charge >= 0.3 is 0 Å². The van der Waals surface area contributed by atoms with E-state index in [1.807, 2.05) is 26.2 Å². The van der Waals surface area contributed by atoms with Gasteiger partial charge in [0.25, 0.3) is 0 Å². The third-order valence-electron chi connectivity index (χ3n) is 4.02. The zero-order valence-corrected chi connectivity index (χ0v) is 14.4. The number of allylic oxidation sites excluding steroid dienone is 7. The molecular weight excluding hydrogens is 329 g/mol. The average Bonchev–Trinajstić information content (AvgIpc) is 3.04. The highest BCUT2D eigenvalue weighted by Crippen LogP contribution is 2.36. The highest BCUT2D eigenvalue weighted by Gasteiger charge is 2.36. The molecule has 0 spiro atoms. The van der Waals surface area contributed by atoms with Crippen molar-refractivity contribution < 1.29 is 9.18 Å². The van der Waals surface area contributed by atoms with Crippen molar-refractivity contribution in [3.8, 4) is 0 Å². The van der Waals surface area contributed by atoms with Gasteiger partial charge in [-0.3, -0.25) is 4.79 Å². The van der Waals surface area contributed by atoms with Gasteiger partial charge in [-0.1, -0.05) is 50.4 Å². The SMILES string of the molecule is C.C=C/C=C(F)\C(=C/C)C1=C2N=C(N(C)C)N=C2c2ccccc2C1=O. The lowest BCUT2D eigenvalue weighted by molar-refractivity contribution is 0.103. The molecule has 0 aromatic heterocycles. The fraction of sp³-hybridized carbons (Fsp3) is 0.190. The Kier molecular flexibility index (Phi) is 5.50. The van der Waals surface area contributed by atoms with E-state index in [0.29, 0.717) is 22.9 Å². The summed E-state index contributed by atoms with van der Waals surface area (Å²) < 4.78 is 14.6. The summed E-state index contributed by atoms with van der Waals surface area (Å²) >= 11 is 0. The number of aliphatic imine (C=N–C) groups is 2. The minimum Gasteiger partial charge on any atom is -0.347 e. The molecule has 1 aromatic carbocycles. The maximum Gasteiger partial charge on any atom is 0.226 e. The number of ketones is 1. The molecule has 3 rings (SSSR count). The molecule has 1 aliphatic carbocycles. The minimum absolute atomic E-state index is 0. The van der Waals surface area contributed by atoms with Gasteiger partial charge in [-0.2, -0.15) is 0 Å². The molecule has 2 aliphatic rings. The predicted octanol–water partition coefficient (Wildman–Crippen LogP) is 4.48. The van der Waals surface area contributed by atoms with E-state index in [1.54, 1.807) is 30.0 Å². The van der Waals surface area contributed by atoms with Crippen LogP contribution in [0.4, 0.5) is 4.39 Å². The van der Waals surface area contributed by atoms with Crippen molar-refractivity contribution in [1.29, 1.82) is 0 Å². The van der Waals surface area contributed by atoms with Gasteiger partial charge in [-0.15, -0.1) is 0 Å². The van der Waals surface area contributed by atoms with Crippen molar-refractivity contribution in [2.24, 2.45) is 9.98 Å². The molecular formula is C21H22FN3O. The molecule has 5 heteroatoms. The lowest BCUT2D eigenvalue weighted by Gasteiger charge is -2.20. The number of rotatable bonds is 3. The van der Waals surface area contributed by atoms with Gasteiger partial charge in [0.2, 0.25) is 5.96 Å². The number of halogens is 1. The predicted molar refractivity (Wildman–Crippen MR) is 105 cm³/mol. The summed E-state index contributed by atoms with van der Waals surface area (Å²) in [5.74, 6) is -0.301. The Bertz CT molecular complexity index is 930. The Labute approximate surface area is 153 Å². The Morgan fingerprint density at radius 2 is 1.85 bits per heavy atom. The summed E-state index contributed by atoms with van der Waals surface area (Å²) in [5, 5.41) is 0. The monoisotopic (exact) mass is 351 g/mol. The molecule has 0 saturated heterocycles. The first-order valence-corrected chi connectivity index (χ1v) is 7.88. The summed E-state index contributed by atoms with van der Waals surface area (Å²) in [6.45, 7) is 5.21. The van der Waals surface area contributed by atoms with Gasteiger partial charge in [0, 0.05) is 30.8 Å². The van der Waals surface area contributed by atoms with Crippen LogP contribution in [0.15, 0.2) is 81.7 Å². The Balaban J connectivity index is 0.00000243. The van der Waals surface area contributed by atoms with Gasteiger partial charge in [-0.25, -0.2) is 14.4 Å². The number of hydrogen-bond acceptors (Lipinski definition) is 4. The zero-order chi connectivity index (χ0) is 18.1. The topological polar surface area (TPSA) is 45.0 Å². The van der Waals surface area contributed by atoms with E-state index in [9.17, 15) is 9.18 Å². The summed E-state index contributed by atoms with van der Waals surface area (Å²) in [5.41, 5.74) is 2.65. The van der Waals surface area contributed by atoms with Gasteiger partial charge in [-0.05, 0) is 13.0 Å². The average molecular weight is 351 g/mol. The second kappa shape index (κ2) is 7.44. The second-order valence-corrected chi connectivity index (χ2v) is 5.82. The van der Waals surface area contributed by atoms with Crippen molar-refractivity contribution in [2.45, 2.75) is 14.4 Å². The highest BCUT2D eigenvalue weighted by molar-refractivity contribution is 6.33. The smallest absolute Gasteiger partial charge is 0.226 e. The van der Waals surface area contributed by atoms with Crippen LogP contribution >= 0.6 is 0 Å². The molecule has 0 fully saturated rings. The Morgan fingerprint density at radius 3 is 2.42 bits per heavy atom. The van der Waals surface area contributed by atoms with Crippen molar-refractivity contribution in [1.82, 2.24) is 4.90 Å². The van der Waals surface area contributed by atoms with E-state index in [0.717, 1.165) is 5.56 Å². The fourth-order valence-electron chi connectivity index (χ4n) is 2.87. The Hall–Kier alpha value is -3.08. The summed E-state index contributed by atoms with van der Waals surface area (Å²) in [7, 11) is 3.64. The van der Waals surface area contributed by atoms with E-state index in [2.05, 4.69) is 16.6 Å². The number of benzene rings is 1. The molecule has 0 unspecified atom stereocenters. The van der Waals surface area contributed by atoms with E-state index in [4.69, 9.17) is 0 Å². The van der Waals surface area contributed by atoms with Crippen molar-refractivity contribution >= 4 is 17.5 Å². The fourth-order valence-corrected chi connectivity index (χ4v) is 2.87. The van der Waals surface area contributed by atoms with Crippen LogP contribution in [0.25, 0.3) is 0 Å². The first-order valence-electron chi connectivity index (χ1n) is 7.88. The minimum atomic E-state index is -0.527. The first-order chi connectivity index (χ1) is 12.0. The van der Waals surface area contributed by atoms with Crippen LogP contribution < -0.4 is 0 Å². The molecule has 4 nitrogen and oxygen atoms in total. The van der Waals surface area contributed by atoms with Crippen molar-refractivity contribution in [3.05, 3.63) is 82.9 Å². The number of Topliss-reactive ketones (excluding diaryl/α,β-unsaturated/α-hetero) is 1. The standard InChI is InChI=1S/C20H18FN3O.CH4/c1-5-9-15(21)12(6-2)16-18-17(22-20(23-18)24(3)4)13-10-7-8-11-14(13)19(16)25;/h5-11H,1H2,2-4H3;1H4/b12-6+,15-9+;. The number of carbonyl (C=O) groups is 1. The summed E-state index contributed by atoms with van der Waals surface area (Å²) in [4.78, 5) is 23.9. The summed E-state index contributed by atoms with van der Waals surface area (Å²) in [6, 6.07) is 7.20. The van der Waals surface area contributed by atoms with Gasteiger partial charge in [0.05, 0.1) is 5.57 Å². The van der Waals surface area contributed by atoms with Crippen LogP contribution in [0.2, 0.25) is 0 Å². The number of hydrogen-bond donors (Lipinski definition) is 0. The lowest BCUT2D eigenvalue weighted by atomic mass is 9.83. The molecule has 0 saturated carbocycles. The molecule has 0 atom stereocenters. The normalized spacial score (nSPS) is 16.4. The van der Waals surface area contributed by atoms with Gasteiger partial charge < -0.3 is 4.90 Å². The molecule has 0 radical (unpaired) electrons.